The van der Waals surface area contributed by atoms with Crippen LogP contribution in [0.2, 0.25) is 0 Å². The summed E-state index contributed by atoms with van der Waals surface area (Å²) in [7, 11) is 0. The lowest BCUT2D eigenvalue weighted by molar-refractivity contribution is 0.550. The van der Waals surface area contributed by atoms with Gasteiger partial charge < -0.3 is 0 Å². The molecule has 20 heavy (non-hydrogen) atoms. The molecule has 130 valence electrons. The first kappa shape index (κ1) is 32.1. The normalized spacial score (nSPS) is 8.10. The van der Waals surface area contributed by atoms with E-state index in [0.29, 0.717) is 0 Å². The van der Waals surface area contributed by atoms with Gasteiger partial charge in [-0.25, -0.2) is 0 Å². The van der Waals surface area contributed by atoms with Crippen LogP contribution in [0.15, 0.2) is 0 Å². The van der Waals surface area contributed by atoms with Crippen molar-refractivity contribution in [3.63, 3.8) is 0 Å². The smallest absolute Gasteiger partial charge is 0.0471 e. The van der Waals surface area contributed by atoms with Crippen molar-refractivity contribution < 1.29 is 0 Å². The quantitative estimate of drug-likeness (QED) is 0.458. The van der Waals surface area contributed by atoms with Crippen LogP contribution in [0.1, 0.15) is 122 Å². The van der Waals surface area contributed by atoms with E-state index in [1.807, 2.05) is 41.5 Å². The molecule has 0 unspecified atom stereocenters. The fourth-order valence-corrected chi connectivity index (χ4v) is 1.22. The zero-order valence-electron chi connectivity index (χ0n) is 17.4. The van der Waals surface area contributed by atoms with Crippen LogP contribution in [-0.4, -0.2) is 0 Å². The van der Waals surface area contributed by atoms with E-state index in [1.165, 1.54) is 38.5 Å². The third-order valence-electron chi connectivity index (χ3n) is 2.27. The highest BCUT2D eigenvalue weighted by atomic mass is 14.0. The van der Waals surface area contributed by atoms with Gasteiger partial charge in [-0.15, -0.1) is 0 Å². The molecule has 0 radical (unpaired) electrons. The Morgan fingerprint density at radius 3 is 0.750 bits per heavy atom. The lowest BCUT2D eigenvalue weighted by atomic mass is 10.1. The van der Waals surface area contributed by atoms with Crippen molar-refractivity contribution in [2.24, 2.45) is 11.8 Å². The van der Waals surface area contributed by atoms with Crippen molar-refractivity contribution in [3.8, 4) is 0 Å². The minimum Gasteiger partial charge on any atom is -0.0683 e. The Labute approximate surface area is 134 Å². The van der Waals surface area contributed by atoms with E-state index in [1.54, 1.807) is 0 Å². The highest BCUT2D eigenvalue weighted by Crippen LogP contribution is 2.04. The lowest BCUT2D eigenvalue weighted by Crippen LogP contribution is -1.83. The van der Waals surface area contributed by atoms with E-state index < -0.39 is 0 Å². The summed E-state index contributed by atoms with van der Waals surface area (Å²) in [4.78, 5) is 0. The van der Waals surface area contributed by atoms with Gasteiger partial charge in [-0.05, 0) is 11.8 Å². The SMILES string of the molecule is CC.CC.CC.CCCCC(C)C.CCCCC(C)C. The molecule has 0 rings (SSSR count). The van der Waals surface area contributed by atoms with Crippen molar-refractivity contribution in [3.05, 3.63) is 0 Å². The summed E-state index contributed by atoms with van der Waals surface area (Å²) >= 11 is 0. The topological polar surface area (TPSA) is 0 Å². The second-order valence-corrected chi connectivity index (χ2v) is 5.07. The predicted octanol–water partition coefficient (Wildman–Crippen LogP) is 8.74. The molecular formula is C20H50. The molecule has 0 atom stereocenters. The summed E-state index contributed by atoms with van der Waals surface area (Å²) in [5, 5.41) is 0. The van der Waals surface area contributed by atoms with Gasteiger partial charge in [0.1, 0.15) is 0 Å². The number of hydrogen-bond acceptors (Lipinski definition) is 0. The summed E-state index contributed by atoms with van der Waals surface area (Å²) < 4.78 is 0. The van der Waals surface area contributed by atoms with Crippen molar-refractivity contribution in [2.45, 2.75) is 122 Å². The predicted molar refractivity (Wildman–Crippen MR) is 103 cm³/mol. The lowest BCUT2D eigenvalue weighted by Gasteiger charge is -1.98. The molecule has 0 saturated carbocycles. The van der Waals surface area contributed by atoms with Crippen LogP contribution in [0.25, 0.3) is 0 Å². The van der Waals surface area contributed by atoms with E-state index in [-0.39, 0.29) is 0 Å². The van der Waals surface area contributed by atoms with Gasteiger partial charge in [-0.1, -0.05) is 122 Å². The molecule has 0 bridgehead atoms. The van der Waals surface area contributed by atoms with Crippen molar-refractivity contribution in [1.29, 1.82) is 0 Å². The average molecular weight is 291 g/mol. The van der Waals surface area contributed by atoms with Gasteiger partial charge in [0, 0.05) is 0 Å². The molecule has 0 aromatic carbocycles. The number of unbranched alkanes of at least 4 members (excludes halogenated alkanes) is 2. The molecule has 0 N–H and O–H groups in total. The number of hydrogen-bond donors (Lipinski definition) is 0. The third-order valence-corrected chi connectivity index (χ3v) is 2.27. The van der Waals surface area contributed by atoms with Gasteiger partial charge in [0.25, 0.3) is 0 Å². The minimum absolute atomic E-state index is 0.903. The fourth-order valence-electron chi connectivity index (χ4n) is 1.22. The maximum absolute atomic E-state index is 2.27. The highest BCUT2D eigenvalue weighted by molar-refractivity contribution is 4.42. The van der Waals surface area contributed by atoms with Crippen LogP contribution in [0, 0.1) is 11.8 Å². The van der Waals surface area contributed by atoms with Gasteiger partial charge in [0.15, 0.2) is 0 Å². The summed E-state index contributed by atoms with van der Waals surface area (Å²) in [6.45, 7) is 25.6. The summed E-state index contributed by atoms with van der Waals surface area (Å²) in [6, 6.07) is 0. The van der Waals surface area contributed by atoms with E-state index in [0.717, 1.165) is 11.8 Å². The monoisotopic (exact) mass is 290 g/mol. The molecular weight excluding hydrogens is 240 g/mol. The maximum atomic E-state index is 2.27. The van der Waals surface area contributed by atoms with Gasteiger partial charge in [-0.3, -0.25) is 0 Å². The molecule has 0 aromatic heterocycles. The minimum atomic E-state index is 0.903. The van der Waals surface area contributed by atoms with E-state index in [4.69, 9.17) is 0 Å². The molecule has 0 aromatic rings. The Morgan fingerprint density at radius 2 is 0.700 bits per heavy atom. The van der Waals surface area contributed by atoms with Crippen LogP contribution in [0.4, 0.5) is 0 Å². The largest absolute Gasteiger partial charge is 0.0683 e. The second-order valence-electron chi connectivity index (χ2n) is 5.07. The molecule has 0 aliphatic carbocycles. The average Bonchev–Trinajstić information content (AvgIpc) is 2.49. The van der Waals surface area contributed by atoms with Gasteiger partial charge >= 0.3 is 0 Å². The summed E-state index contributed by atoms with van der Waals surface area (Å²) in [6.07, 6.45) is 8.29. The summed E-state index contributed by atoms with van der Waals surface area (Å²) in [5.74, 6) is 1.81. The van der Waals surface area contributed by atoms with E-state index in [2.05, 4.69) is 41.5 Å². The second kappa shape index (κ2) is 42.8. The molecule has 0 heterocycles. The Kier molecular flexibility index (Phi) is 68.6. The molecule has 0 saturated heterocycles. The molecule has 0 amide bonds. The first-order valence-electron chi connectivity index (χ1n) is 9.54. The maximum Gasteiger partial charge on any atom is -0.0471 e. The Morgan fingerprint density at radius 1 is 0.500 bits per heavy atom. The molecule has 0 nitrogen and oxygen atoms in total. The molecule has 0 spiro atoms. The van der Waals surface area contributed by atoms with E-state index in [9.17, 15) is 0 Å². The van der Waals surface area contributed by atoms with Crippen molar-refractivity contribution >= 4 is 0 Å². The van der Waals surface area contributed by atoms with Crippen LogP contribution in [0.5, 0.6) is 0 Å². The Balaban J connectivity index is -0.0000000545. The van der Waals surface area contributed by atoms with Crippen LogP contribution in [0.3, 0.4) is 0 Å². The van der Waals surface area contributed by atoms with Gasteiger partial charge in [0.2, 0.25) is 0 Å². The number of rotatable bonds is 6. The van der Waals surface area contributed by atoms with Crippen LogP contribution in [-0.2, 0) is 0 Å². The third kappa shape index (κ3) is 81.3. The zero-order valence-corrected chi connectivity index (χ0v) is 17.4. The standard InChI is InChI=1S/2C7H16.3C2H6/c2*1-4-5-6-7(2)3;3*1-2/h2*7H,4-6H2,1-3H3;3*1-2H3. The molecule has 0 aliphatic heterocycles. The Hall–Kier alpha value is 0. The highest BCUT2D eigenvalue weighted by Gasteiger charge is 1.89. The first-order valence-corrected chi connectivity index (χ1v) is 9.54. The molecule has 0 aliphatic rings. The van der Waals surface area contributed by atoms with Crippen molar-refractivity contribution in [2.75, 3.05) is 0 Å². The summed E-state index contributed by atoms with van der Waals surface area (Å²) in [5.41, 5.74) is 0. The zero-order chi connectivity index (χ0) is 17.4. The fraction of sp³-hybridized carbons (Fsp3) is 1.00. The molecule has 0 fully saturated rings. The van der Waals surface area contributed by atoms with Crippen LogP contribution < -0.4 is 0 Å². The molecule has 0 heteroatoms. The van der Waals surface area contributed by atoms with Gasteiger partial charge in [0.05, 0.1) is 0 Å². The van der Waals surface area contributed by atoms with Crippen molar-refractivity contribution in [1.82, 2.24) is 0 Å². The Bertz CT molecular complexity index is 70.0. The van der Waals surface area contributed by atoms with E-state index >= 15 is 0 Å². The van der Waals surface area contributed by atoms with Gasteiger partial charge in [-0.2, -0.15) is 0 Å². The first-order chi connectivity index (χ1) is 9.54. The van der Waals surface area contributed by atoms with Crippen LogP contribution >= 0.6 is 0 Å².